The predicted octanol–water partition coefficient (Wildman–Crippen LogP) is 4.95. The summed E-state index contributed by atoms with van der Waals surface area (Å²) in [5, 5.41) is -0.580. The standard InChI is InChI=1S/C11H15Cl3OSi/c1-16(2,3)15-11(13,14)10(12)9-7-5-4-6-8-9/h4-8,10H,1-3H3. The topological polar surface area (TPSA) is 9.23 Å². The van der Waals surface area contributed by atoms with Crippen molar-refractivity contribution >= 4 is 43.1 Å². The van der Waals surface area contributed by atoms with Gasteiger partial charge in [-0.3, -0.25) is 0 Å². The molecule has 1 aromatic carbocycles. The third-order valence-corrected chi connectivity index (χ3v) is 4.40. The highest BCUT2D eigenvalue weighted by Crippen LogP contribution is 2.43. The van der Waals surface area contributed by atoms with Crippen molar-refractivity contribution < 1.29 is 4.43 Å². The van der Waals surface area contributed by atoms with Gasteiger partial charge in [0.05, 0.1) is 0 Å². The zero-order valence-electron chi connectivity index (χ0n) is 9.51. The van der Waals surface area contributed by atoms with Gasteiger partial charge >= 0.3 is 0 Å². The van der Waals surface area contributed by atoms with Gasteiger partial charge in [0.1, 0.15) is 5.38 Å². The molecule has 0 fully saturated rings. The summed E-state index contributed by atoms with van der Waals surface area (Å²) >= 11 is 18.5. The number of hydrogen-bond donors (Lipinski definition) is 0. The van der Waals surface area contributed by atoms with Crippen LogP contribution < -0.4 is 0 Å². The van der Waals surface area contributed by atoms with E-state index in [0.717, 1.165) is 5.56 Å². The first-order valence-corrected chi connectivity index (χ1v) is 9.59. The molecule has 0 heterocycles. The van der Waals surface area contributed by atoms with Crippen LogP contribution in [0.3, 0.4) is 0 Å². The summed E-state index contributed by atoms with van der Waals surface area (Å²) in [7, 11) is -1.84. The molecule has 0 aliphatic rings. The van der Waals surface area contributed by atoms with Crippen LogP contribution in [0, 0.1) is 0 Å². The molecule has 5 heteroatoms. The quantitative estimate of drug-likeness (QED) is 0.564. The van der Waals surface area contributed by atoms with E-state index >= 15 is 0 Å². The van der Waals surface area contributed by atoms with Gasteiger partial charge in [-0.2, -0.15) is 0 Å². The second kappa shape index (κ2) is 5.28. The van der Waals surface area contributed by atoms with Gasteiger partial charge in [0.15, 0.2) is 8.32 Å². The second-order valence-corrected chi connectivity index (χ2v) is 10.7. The van der Waals surface area contributed by atoms with Crippen LogP contribution in [0.4, 0.5) is 0 Å². The Morgan fingerprint density at radius 2 is 1.62 bits per heavy atom. The van der Waals surface area contributed by atoms with Crippen LogP contribution in [0.5, 0.6) is 0 Å². The fourth-order valence-electron chi connectivity index (χ4n) is 1.28. The molecule has 1 atom stereocenters. The van der Waals surface area contributed by atoms with E-state index in [1.165, 1.54) is 0 Å². The molecule has 0 saturated carbocycles. The van der Waals surface area contributed by atoms with Crippen molar-refractivity contribution in [3.05, 3.63) is 35.9 Å². The Bertz CT molecular complexity index is 335. The average molecular weight is 298 g/mol. The lowest BCUT2D eigenvalue weighted by atomic mass is 10.1. The van der Waals surface area contributed by atoms with Crippen molar-refractivity contribution in [1.29, 1.82) is 0 Å². The second-order valence-electron chi connectivity index (χ2n) is 4.55. The zero-order chi connectivity index (χ0) is 12.4. The molecule has 0 aromatic heterocycles. The lowest BCUT2D eigenvalue weighted by molar-refractivity contribution is 0.229. The van der Waals surface area contributed by atoms with E-state index in [2.05, 4.69) is 0 Å². The molecule has 0 spiro atoms. The summed E-state index contributed by atoms with van der Waals surface area (Å²) in [6.45, 7) is 6.04. The van der Waals surface area contributed by atoms with E-state index in [0.29, 0.717) is 0 Å². The number of halogens is 3. The van der Waals surface area contributed by atoms with Crippen molar-refractivity contribution in [2.45, 2.75) is 29.5 Å². The van der Waals surface area contributed by atoms with Gasteiger partial charge in [0.2, 0.25) is 4.52 Å². The molecule has 0 aliphatic carbocycles. The average Bonchev–Trinajstić information content (AvgIpc) is 2.14. The summed E-state index contributed by atoms with van der Waals surface area (Å²) in [6.07, 6.45) is 0. The predicted molar refractivity (Wildman–Crippen MR) is 73.9 cm³/mol. The van der Waals surface area contributed by atoms with Crippen LogP contribution in [0.2, 0.25) is 19.6 Å². The summed E-state index contributed by atoms with van der Waals surface area (Å²) in [5.41, 5.74) is 0.854. The number of benzene rings is 1. The number of hydrogen-bond acceptors (Lipinski definition) is 1. The fourth-order valence-corrected chi connectivity index (χ4v) is 4.12. The maximum absolute atomic E-state index is 6.24. The van der Waals surface area contributed by atoms with Gasteiger partial charge in [-0.15, -0.1) is 11.6 Å². The molecular weight excluding hydrogens is 283 g/mol. The highest BCUT2D eigenvalue weighted by Gasteiger charge is 2.39. The normalized spacial score (nSPS) is 14.9. The van der Waals surface area contributed by atoms with Gasteiger partial charge in [0.25, 0.3) is 0 Å². The first-order valence-electron chi connectivity index (χ1n) is 4.99. The molecule has 1 aromatic rings. The van der Waals surface area contributed by atoms with Gasteiger partial charge in [-0.05, 0) is 25.2 Å². The van der Waals surface area contributed by atoms with Crippen molar-refractivity contribution in [2.75, 3.05) is 0 Å². The molecule has 1 nitrogen and oxygen atoms in total. The number of alkyl halides is 3. The monoisotopic (exact) mass is 296 g/mol. The Balaban J connectivity index is 2.84. The Kier molecular flexibility index (Phi) is 4.73. The highest BCUT2D eigenvalue weighted by atomic mass is 35.5. The lowest BCUT2D eigenvalue weighted by Gasteiger charge is -2.32. The van der Waals surface area contributed by atoms with Crippen LogP contribution in [-0.4, -0.2) is 12.8 Å². The SMILES string of the molecule is C[Si](C)(C)OC(Cl)(Cl)C(Cl)c1ccccc1. The first kappa shape index (κ1) is 14.3. The summed E-state index contributed by atoms with van der Waals surface area (Å²) in [6, 6.07) is 9.46. The van der Waals surface area contributed by atoms with Crippen LogP contribution in [-0.2, 0) is 4.43 Å². The van der Waals surface area contributed by atoms with E-state index in [1.54, 1.807) is 0 Å². The van der Waals surface area contributed by atoms with Crippen molar-refractivity contribution in [3.8, 4) is 0 Å². The summed E-state index contributed by atoms with van der Waals surface area (Å²) in [5.74, 6) is 0. The Labute approximate surface area is 113 Å². The Hall–Kier alpha value is 0.267. The van der Waals surface area contributed by atoms with E-state index in [-0.39, 0.29) is 0 Å². The van der Waals surface area contributed by atoms with Crippen molar-refractivity contribution in [2.24, 2.45) is 0 Å². The Morgan fingerprint density at radius 1 is 1.12 bits per heavy atom. The van der Waals surface area contributed by atoms with E-state index in [1.807, 2.05) is 50.0 Å². The van der Waals surface area contributed by atoms with Gasteiger partial charge in [0, 0.05) is 0 Å². The minimum atomic E-state index is -1.84. The molecule has 1 unspecified atom stereocenters. The minimum absolute atomic E-state index is 0.580. The van der Waals surface area contributed by atoms with E-state index in [4.69, 9.17) is 39.2 Å². The first-order chi connectivity index (χ1) is 7.22. The van der Waals surface area contributed by atoms with Gasteiger partial charge < -0.3 is 4.43 Å². The van der Waals surface area contributed by atoms with Crippen LogP contribution in [0.15, 0.2) is 30.3 Å². The molecule has 16 heavy (non-hydrogen) atoms. The van der Waals surface area contributed by atoms with Crippen molar-refractivity contribution in [3.63, 3.8) is 0 Å². The molecule has 0 amide bonds. The smallest absolute Gasteiger partial charge is 0.229 e. The van der Waals surface area contributed by atoms with E-state index < -0.39 is 18.2 Å². The van der Waals surface area contributed by atoms with Gasteiger partial charge in [-0.1, -0.05) is 53.5 Å². The fraction of sp³-hybridized carbons (Fsp3) is 0.455. The minimum Gasteiger partial charge on any atom is -0.387 e. The molecular formula is C11H15Cl3OSi. The van der Waals surface area contributed by atoms with Gasteiger partial charge in [-0.25, -0.2) is 0 Å². The zero-order valence-corrected chi connectivity index (χ0v) is 12.8. The van der Waals surface area contributed by atoms with Crippen LogP contribution in [0.25, 0.3) is 0 Å². The Morgan fingerprint density at radius 3 is 2.06 bits per heavy atom. The highest BCUT2D eigenvalue weighted by molar-refractivity contribution is 6.71. The molecule has 0 aliphatic heterocycles. The molecule has 90 valence electrons. The van der Waals surface area contributed by atoms with E-state index in [9.17, 15) is 0 Å². The molecule has 1 rings (SSSR count). The molecule has 0 bridgehead atoms. The van der Waals surface area contributed by atoms with Crippen LogP contribution in [0.1, 0.15) is 10.9 Å². The lowest BCUT2D eigenvalue weighted by Crippen LogP contribution is -2.37. The van der Waals surface area contributed by atoms with Crippen molar-refractivity contribution in [1.82, 2.24) is 0 Å². The molecule has 0 radical (unpaired) electrons. The largest absolute Gasteiger partial charge is 0.387 e. The number of rotatable bonds is 4. The molecule has 0 saturated heterocycles. The maximum Gasteiger partial charge on any atom is 0.229 e. The third kappa shape index (κ3) is 4.26. The maximum atomic E-state index is 6.24. The molecule has 0 N–H and O–H groups in total. The summed E-state index contributed by atoms with van der Waals surface area (Å²) < 4.78 is 4.30. The third-order valence-electron chi connectivity index (χ3n) is 1.83. The van der Waals surface area contributed by atoms with Crippen LogP contribution >= 0.6 is 34.8 Å². The summed E-state index contributed by atoms with van der Waals surface area (Å²) in [4.78, 5) is 0.